The molecular formula is C27H26F4N6O2. The number of amides is 2. The maximum atomic E-state index is 13.8. The van der Waals surface area contributed by atoms with E-state index in [4.69, 9.17) is 5.26 Å². The van der Waals surface area contributed by atoms with Crippen molar-refractivity contribution < 1.29 is 27.2 Å². The molecule has 1 aromatic heterocycles. The smallest absolute Gasteiger partial charge is 0.371 e. The van der Waals surface area contributed by atoms with Crippen LogP contribution in [-0.4, -0.2) is 52.7 Å². The number of nitrogens with one attached hydrogen (secondary N) is 1. The number of halogens is 4. The van der Waals surface area contributed by atoms with Crippen LogP contribution < -0.4 is 10.2 Å². The molecule has 0 atom stereocenters. The van der Waals surface area contributed by atoms with E-state index in [0.717, 1.165) is 34.1 Å². The van der Waals surface area contributed by atoms with E-state index in [1.54, 1.807) is 18.0 Å². The van der Waals surface area contributed by atoms with Crippen molar-refractivity contribution >= 4 is 17.5 Å². The minimum Gasteiger partial charge on any atom is -0.371 e. The van der Waals surface area contributed by atoms with Crippen LogP contribution in [0.1, 0.15) is 47.1 Å². The average molecular weight is 543 g/mol. The number of hydrogen-bond donors (Lipinski definition) is 1. The van der Waals surface area contributed by atoms with Crippen LogP contribution in [0.2, 0.25) is 0 Å². The van der Waals surface area contributed by atoms with Crippen molar-refractivity contribution in [1.29, 1.82) is 5.26 Å². The summed E-state index contributed by atoms with van der Waals surface area (Å²) < 4.78 is 54.9. The van der Waals surface area contributed by atoms with Crippen molar-refractivity contribution in [2.45, 2.75) is 38.5 Å². The Balaban J connectivity index is 1.50. The van der Waals surface area contributed by atoms with Gasteiger partial charge in [-0.25, -0.2) is 9.07 Å². The van der Waals surface area contributed by atoms with E-state index in [2.05, 4.69) is 15.3 Å². The molecule has 1 aliphatic rings. The third-order valence-corrected chi connectivity index (χ3v) is 6.65. The van der Waals surface area contributed by atoms with Gasteiger partial charge in [-0.3, -0.25) is 9.59 Å². The van der Waals surface area contributed by atoms with Gasteiger partial charge < -0.3 is 15.1 Å². The second kappa shape index (κ2) is 11.1. The Kier molecular flexibility index (Phi) is 7.90. The number of alkyl halides is 3. The maximum Gasteiger partial charge on any atom is 0.435 e. The molecule has 2 aromatic carbocycles. The van der Waals surface area contributed by atoms with Crippen molar-refractivity contribution in [3.63, 3.8) is 0 Å². The monoisotopic (exact) mass is 542 g/mol. The van der Waals surface area contributed by atoms with Gasteiger partial charge in [0.05, 0.1) is 11.3 Å². The lowest BCUT2D eigenvalue weighted by molar-refractivity contribution is -0.141. The van der Waals surface area contributed by atoms with Gasteiger partial charge in [0.25, 0.3) is 5.91 Å². The molecule has 1 aliphatic heterocycles. The minimum absolute atomic E-state index is 0.0458. The predicted molar refractivity (Wildman–Crippen MR) is 135 cm³/mol. The third-order valence-electron chi connectivity index (χ3n) is 6.65. The fourth-order valence-corrected chi connectivity index (χ4v) is 4.45. The summed E-state index contributed by atoms with van der Waals surface area (Å²) in [6.45, 7) is 3.12. The van der Waals surface area contributed by atoms with Crippen molar-refractivity contribution in [1.82, 2.24) is 20.0 Å². The lowest BCUT2D eigenvalue weighted by atomic mass is 10.0. The molecular weight excluding hydrogens is 516 g/mol. The number of carbonyl (C=O) groups excluding carboxylic acids is 2. The highest BCUT2D eigenvalue weighted by molar-refractivity contribution is 5.93. The largest absolute Gasteiger partial charge is 0.435 e. The van der Waals surface area contributed by atoms with Crippen LogP contribution >= 0.6 is 0 Å². The number of aromatic nitrogens is 2. The molecule has 3 aromatic rings. The first-order valence-corrected chi connectivity index (χ1v) is 12.2. The molecule has 1 fully saturated rings. The van der Waals surface area contributed by atoms with Crippen molar-refractivity contribution in [3.8, 4) is 11.8 Å². The Morgan fingerprint density at radius 2 is 1.85 bits per heavy atom. The summed E-state index contributed by atoms with van der Waals surface area (Å²) in [5.41, 5.74) is -0.124. The normalized spacial score (nSPS) is 14.1. The molecule has 8 nitrogen and oxygen atoms in total. The van der Waals surface area contributed by atoms with Gasteiger partial charge in [-0.2, -0.15) is 23.5 Å². The molecule has 0 radical (unpaired) electrons. The van der Waals surface area contributed by atoms with Crippen LogP contribution in [0, 0.1) is 17.1 Å². The van der Waals surface area contributed by atoms with Gasteiger partial charge in [0.1, 0.15) is 17.6 Å². The van der Waals surface area contributed by atoms with Crippen LogP contribution in [0.5, 0.6) is 0 Å². The SMILES string of the molecule is CC(=O)N(C)Cc1ccccc1N1CCC(NC(=O)c2cc(C(F)(F)F)nn2-c2ccc(F)c(C#N)c2)CC1. The zero-order chi connectivity index (χ0) is 28.3. The highest BCUT2D eigenvalue weighted by Gasteiger charge is 2.36. The highest BCUT2D eigenvalue weighted by atomic mass is 19.4. The van der Waals surface area contributed by atoms with Crippen LogP contribution in [0.4, 0.5) is 23.2 Å². The number of hydrogen-bond acceptors (Lipinski definition) is 5. The number of nitrogens with zero attached hydrogens (tertiary/aromatic N) is 5. The van der Waals surface area contributed by atoms with Crippen LogP contribution in [0.25, 0.3) is 5.69 Å². The van der Waals surface area contributed by atoms with Crippen molar-refractivity contribution in [2.24, 2.45) is 0 Å². The maximum absolute atomic E-state index is 13.8. The number of benzene rings is 2. The van der Waals surface area contributed by atoms with Crippen molar-refractivity contribution in [3.05, 3.63) is 76.9 Å². The summed E-state index contributed by atoms with van der Waals surface area (Å²) >= 11 is 0. The summed E-state index contributed by atoms with van der Waals surface area (Å²) in [5.74, 6) is -1.65. The van der Waals surface area contributed by atoms with E-state index >= 15 is 0 Å². The highest BCUT2D eigenvalue weighted by Crippen LogP contribution is 2.30. The second-order valence-corrected chi connectivity index (χ2v) is 9.34. The fourth-order valence-electron chi connectivity index (χ4n) is 4.45. The topological polar surface area (TPSA) is 94.3 Å². The summed E-state index contributed by atoms with van der Waals surface area (Å²) in [5, 5.41) is 15.4. The lowest BCUT2D eigenvalue weighted by Gasteiger charge is -2.35. The molecule has 0 bridgehead atoms. The number of rotatable bonds is 6. The van der Waals surface area contributed by atoms with E-state index in [1.807, 2.05) is 24.3 Å². The van der Waals surface area contributed by atoms with E-state index in [-0.39, 0.29) is 28.9 Å². The van der Waals surface area contributed by atoms with Crippen LogP contribution in [0.15, 0.2) is 48.5 Å². The van der Waals surface area contributed by atoms with E-state index in [9.17, 15) is 27.2 Å². The molecule has 12 heteroatoms. The minimum atomic E-state index is -4.81. The zero-order valence-electron chi connectivity index (χ0n) is 21.3. The molecule has 0 spiro atoms. The lowest BCUT2D eigenvalue weighted by Crippen LogP contribution is -2.45. The summed E-state index contributed by atoms with van der Waals surface area (Å²) in [6.07, 6.45) is -3.73. The van der Waals surface area contributed by atoms with E-state index in [0.29, 0.717) is 38.5 Å². The first-order chi connectivity index (χ1) is 18.5. The predicted octanol–water partition coefficient (Wildman–Crippen LogP) is 4.28. The van der Waals surface area contributed by atoms with Gasteiger partial charge in [0.15, 0.2) is 5.69 Å². The number of anilines is 1. The number of nitriles is 1. The molecule has 1 N–H and O–H groups in total. The fraction of sp³-hybridized carbons (Fsp3) is 0.333. The Morgan fingerprint density at radius 1 is 1.15 bits per heavy atom. The van der Waals surface area contributed by atoms with E-state index in [1.165, 1.54) is 6.92 Å². The van der Waals surface area contributed by atoms with Crippen LogP contribution in [-0.2, 0) is 17.5 Å². The first-order valence-electron chi connectivity index (χ1n) is 12.2. The quantitative estimate of drug-likeness (QED) is 0.470. The number of piperidine rings is 1. The third kappa shape index (κ3) is 6.19. The Bertz CT molecular complexity index is 1420. The molecule has 0 saturated carbocycles. The van der Waals surface area contributed by atoms with Gasteiger partial charge in [0.2, 0.25) is 5.91 Å². The summed E-state index contributed by atoms with van der Waals surface area (Å²) in [4.78, 5) is 28.6. The molecule has 2 heterocycles. The average Bonchev–Trinajstić information content (AvgIpc) is 3.36. The van der Waals surface area contributed by atoms with Gasteiger partial charge in [-0.05, 0) is 42.7 Å². The van der Waals surface area contributed by atoms with Gasteiger partial charge >= 0.3 is 6.18 Å². The number of carbonyl (C=O) groups is 2. The van der Waals surface area contributed by atoms with Gasteiger partial charge in [-0.15, -0.1) is 0 Å². The standard InChI is InChI=1S/C27H26F4N6O2/c1-17(38)35(2)16-18-5-3-4-6-23(18)36-11-9-20(10-12-36)33-26(39)24-14-25(27(29,30)31)34-37(24)21-7-8-22(28)19(13-21)15-32/h3-8,13-14,20H,9-12,16H2,1-2H3,(H,33,39). The van der Waals surface area contributed by atoms with E-state index < -0.39 is 23.6 Å². The molecule has 0 aliphatic carbocycles. The van der Waals surface area contributed by atoms with Gasteiger partial charge in [-0.1, -0.05) is 18.2 Å². The Labute approximate surface area is 222 Å². The summed E-state index contributed by atoms with van der Waals surface area (Å²) in [7, 11) is 1.73. The zero-order valence-corrected chi connectivity index (χ0v) is 21.3. The molecule has 2 amide bonds. The second-order valence-electron chi connectivity index (χ2n) is 9.34. The Morgan fingerprint density at radius 3 is 2.49 bits per heavy atom. The van der Waals surface area contributed by atoms with Crippen molar-refractivity contribution in [2.75, 3.05) is 25.0 Å². The Hall–Kier alpha value is -4.40. The first kappa shape index (κ1) is 27.6. The molecule has 39 heavy (non-hydrogen) atoms. The molecule has 0 unspecified atom stereocenters. The van der Waals surface area contributed by atoms with Gasteiger partial charge in [0, 0.05) is 51.4 Å². The number of para-hydroxylation sites is 1. The molecule has 204 valence electrons. The molecule has 1 saturated heterocycles. The molecule has 4 rings (SSSR count). The van der Waals surface area contributed by atoms with Crippen LogP contribution in [0.3, 0.4) is 0 Å². The summed E-state index contributed by atoms with van der Waals surface area (Å²) in [6, 6.07) is 12.8.